The first kappa shape index (κ1) is 16.4. The maximum Gasteiger partial charge on any atom is 0.431 e. The normalized spacial score (nSPS) is 12.0. The Morgan fingerprint density at radius 1 is 1.21 bits per heavy atom. The minimum absolute atomic E-state index is 0.0803. The molecule has 0 fully saturated rings. The van der Waals surface area contributed by atoms with E-state index in [0.717, 1.165) is 18.6 Å². The van der Waals surface area contributed by atoms with Gasteiger partial charge in [0.2, 0.25) is 0 Å². The van der Waals surface area contributed by atoms with E-state index in [0.29, 0.717) is 25.3 Å². The maximum absolute atomic E-state index is 12.9. The van der Waals surface area contributed by atoms with Crippen molar-refractivity contribution < 1.29 is 18.3 Å². The summed E-state index contributed by atoms with van der Waals surface area (Å²) in [6.45, 7) is -0.580. The first-order valence-electron chi connectivity index (χ1n) is 6.61. The van der Waals surface area contributed by atoms with E-state index in [1.54, 1.807) is 6.07 Å². The van der Waals surface area contributed by atoms with Gasteiger partial charge in [-0.1, -0.05) is 0 Å². The van der Waals surface area contributed by atoms with Crippen LogP contribution in [0.15, 0.2) is 33.9 Å². The van der Waals surface area contributed by atoms with Gasteiger partial charge in [-0.3, -0.25) is 9.36 Å². The second-order valence-corrected chi connectivity index (χ2v) is 5.80. The quantitative estimate of drug-likeness (QED) is 0.706. The lowest BCUT2D eigenvalue weighted by atomic mass is 10.2. The van der Waals surface area contributed by atoms with Gasteiger partial charge in [-0.15, -0.1) is 0 Å². The molecule has 2 aromatic heterocycles. The van der Waals surface area contributed by atoms with Gasteiger partial charge in [-0.25, -0.2) is 14.5 Å². The van der Waals surface area contributed by atoms with Gasteiger partial charge < -0.3 is 0 Å². The largest absolute Gasteiger partial charge is 0.431 e. The molecule has 3 aromatic rings. The van der Waals surface area contributed by atoms with Crippen molar-refractivity contribution in [3.63, 3.8) is 0 Å². The number of alkyl halides is 3. The Bertz CT molecular complexity index is 1050. The summed E-state index contributed by atoms with van der Waals surface area (Å²) in [5.74, 6) is 0. The second-order valence-electron chi connectivity index (χ2n) is 5.00. The van der Waals surface area contributed by atoms with Crippen LogP contribution in [0.25, 0.3) is 15.8 Å². The van der Waals surface area contributed by atoms with E-state index >= 15 is 0 Å². The number of rotatable bonds is 2. The summed E-state index contributed by atoms with van der Waals surface area (Å²) < 4.78 is 44.2. The number of benzene rings is 1. The molecule has 0 bridgehead atoms. The van der Waals surface area contributed by atoms with E-state index in [9.17, 15) is 27.9 Å². The van der Waals surface area contributed by atoms with Crippen molar-refractivity contribution in [2.45, 2.75) is 12.8 Å². The highest BCUT2D eigenvalue weighted by Crippen LogP contribution is 2.27. The summed E-state index contributed by atoms with van der Waals surface area (Å²) in [4.78, 5) is 24.3. The van der Waals surface area contributed by atoms with Crippen molar-refractivity contribution in [1.29, 1.82) is 0 Å². The van der Waals surface area contributed by atoms with E-state index in [4.69, 9.17) is 0 Å². The molecule has 0 unspecified atom stereocenters. The molecule has 3 rings (SSSR count). The monoisotopic (exact) mass is 356 g/mol. The molecule has 0 aliphatic heterocycles. The van der Waals surface area contributed by atoms with Crippen LogP contribution in [0.2, 0.25) is 0 Å². The van der Waals surface area contributed by atoms with E-state index < -0.39 is 29.7 Å². The highest BCUT2D eigenvalue weighted by molar-refractivity contribution is 7.13. The first-order valence-corrected chi connectivity index (χ1v) is 7.38. The fourth-order valence-corrected chi connectivity index (χ4v) is 3.12. The number of hydrogen-bond acceptors (Lipinski definition) is 4. The molecule has 0 amide bonds. The first-order chi connectivity index (χ1) is 11.2. The molecule has 2 heterocycles. The number of hydrogen-bond donors (Lipinski definition) is 0. The minimum Gasteiger partial charge on any atom is -0.292 e. The molecule has 0 N–H and O–H groups in total. The lowest BCUT2D eigenvalue weighted by Crippen LogP contribution is -2.40. The van der Waals surface area contributed by atoms with Crippen LogP contribution in [0.5, 0.6) is 0 Å². The Kier molecular flexibility index (Phi) is 3.80. The van der Waals surface area contributed by atoms with Crippen molar-refractivity contribution >= 4 is 21.6 Å². The van der Waals surface area contributed by atoms with Gasteiger partial charge in [-0.05, 0) is 29.7 Å². The third kappa shape index (κ3) is 2.53. The van der Waals surface area contributed by atoms with Crippen molar-refractivity contribution in [2.24, 2.45) is 7.05 Å². The van der Waals surface area contributed by atoms with Gasteiger partial charge >= 0.3 is 11.9 Å². The number of nitrogens with zero attached hydrogens (tertiary/aromatic N) is 3. The molecule has 0 aliphatic carbocycles. The van der Waals surface area contributed by atoms with Crippen LogP contribution < -0.4 is 11.2 Å². The standard InChI is InChI=1S/C14H9F3N3O3S/c1-19-11(14(15,16)17)5-12(22)20(13(19)23)7-2-3-10-8(4-7)9(6-21)18-24-10/h2-5H,6H2,1H3. The summed E-state index contributed by atoms with van der Waals surface area (Å²) in [5.41, 5.74) is -3.21. The number of fused-ring (bicyclic) bond motifs is 1. The highest BCUT2D eigenvalue weighted by Gasteiger charge is 2.35. The fraction of sp³-hybridized carbons (Fsp3) is 0.214. The van der Waals surface area contributed by atoms with Crippen molar-refractivity contribution in [2.75, 3.05) is 0 Å². The van der Waals surface area contributed by atoms with Crippen LogP contribution in [0.3, 0.4) is 0 Å². The maximum atomic E-state index is 12.9. The van der Waals surface area contributed by atoms with Crippen LogP contribution in [0.1, 0.15) is 11.4 Å². The van der Waals surface area contributed by atoms with Crippen LogP contribution in [-0.2, 0) is 24.9 Å². The third-order valence-corrected chi connectivity index (χ3v) is 4.40. The molecule has 125 valence electrons. The molecule has 0 saturated heterocycles. The lowest BCUT2D eigenvalue weighted by Gasteiger charge is -2.13. The van der Waals surface area contributed by atoms with Crippen LogP contribution in [0, 0.1) is 0 Å². The zero-order valence-corrected chi connectivity index (χ0v) is 12.9. The summed E-state index contributed by atoms with van der Waals surface area (Å²) in [6, 6.07) is 4.75. The van der Waals surface area contributed by atoms with Crippen LogP contribution in [0.4, 0.5) is 13.2 Å². The lowest BCUT2D eigenvalue weighted by molar-refractivity contribution is -0.144. The molecule has 1 radical (unpaired) electrons. The van der Waals surface area contributed by atoms with Crippen molar-refractivity contribution in [3.05, 3.63) is 56.5 Å². The molecule has 6 nitrogen and oxygen atoms in total. The summed E-state index contributed by atoms with van der Waals surface area (Å²) in [6.07, 6.45) is -4.82. The van der Waals surface area contributed by atoms with Gasteiger partial charge in [0.15, 0.2) is 0 Å². The van der Waals surface area contributed by atoms with Crippen LogP contribution >= 0.6 is 11.5 Å². The summed E-state index contributed by atoms with van der Waals surface area (Å²) in [7, 11) is 0.939. The average molecular weight is 356 g/mol. The Balaban J connectivity index is 2.29. The van der Waals surface area contributed by atoms with Gasteiger partial charge in [0, 0.05) is 18.5 Å². The van der Waals surface area contributed by atoms with Gasteiger partial charge in [0.05, 0.1) is 16.1 Å². The Morgan fingerprint density at radius 2 is 1.92 bits per heavy atom. The second kappa shape index (κ2) is 5.56. The van der Waals surface area contributed by atoms with Crippen molar-refractivity contribution in [1.82, 2.24) is 13.5 Å². The topological polar surface area (TPSA) is 76.8 Å². The zero-order valence-electron chi connectivity index (χ0n) is 12.1. The van der Waals surface area contributed by atoms with E-state index in [2.05, 4.69) is 4.37 Å². The Morgan fingerprint density at radius 3 is 2.54 bits per heavy atom. The van der Waals surface area contributed by atoms with Gasteiger partial charge in [-0.2, -0.15) is 17.5 Å². The number of halogens is 3. The smallest absolute Gasteiger partial charge is 0.292 e. The molecule has 0 spiro atoms. The molecule has 24 heavy (non-hydrogen) atoms. The Labute approximate surface area is 136 Å². The molecule has 10 heteroatoms. The molecule has 1 aromatic carbocycles. The van der Waals surface area contributed by atoms with E-state index in [-0.39, 0.29) is 11.4 Å². The molecule has 0 aliphatic rings. The summed E-state index contributed by atoms with van der Waals surface area (Å²) in [5, 5.41) is 11.6. The fourth-order valence-electron chi connectivity index (χ4n) is 2.36. The predicted octanol–water partition coefficient (Wildman–Crippen LogP) is 2.10. The molecular formula is C14H9F3N3O3S. The SMILES string of the molecule is Cn1c(C(F)(F)F)cc(=O)n(-c2ccc3snc(C[O])c3c2)c1=O. The van der Waals surface area contributed by atoms with Crippen LogP contribution in [-0.4, -0.2) is 13.5 Å². The average Bonchev–Trinajstić information content (AvgIpc) is 2.92. The highest BCUT2D eigenvalue weighted by atomic mass is 32.1. The molecule has 0 saturated carbocycles. The third-order valence-electron chi connectivity index (χ3n) is 3.53. The molecule has 0 atom stereocenters. The Hall–Kier alpha value is -2.46. The number of aromatic nitrogens is 3. The zero-order chi connectivity index (χ0) is 17.6. The summed E-state index contributed by atoms with van der Waals surface area (Å²) >= 11 is 1.09. The molecular weight excluding hydrogens is 347 g/mol. The predicted molar refractivity (Wildman–Crippen MR) is 79.9 cm³/mol. The van der Waals surface area contributed by atoms with Gasteiger partial charge in [0.1, 0.15) is 12.3 Å². The van der Waals surface area contributed by atoms with Gasteiger partial charge in [0.25, 0.3) is 5.56 Å². The van der Waals surface area contributed by atoms with E-state index in [1.165, 1.54) is 12.1 Å². The minimum atomic E-state index is -4.82. The van der Waals surface area contributed by atoms with Crippen molar-refractivity contribution in [3.8, 4) is 5.69 Å². The van der Waals surface area contributed by atoms with E-state index in [1.807, 2.05) is 0 Å².